The van der Waals surface area contributed by atoms with Gasteiger partial charge in [0.1, 0.15) is 5.75 Å². The molecule has 1 aromatic rings. The molecule has 1 heterocycles. The number of benzene rings is 1. The summed E-state index contributed by atoms with van der Waals surface area (Å²) >= 11 is 5.88. The molecular weight excluding hydrogens is 262 g/mol. The first kappa shape index (κ1) is 14.2. The van der Waals surface area contributed by atoms with Crippen LogP contribution < -0.4 is 4.74 Å². The van der Waals surface area contributed by atoms with Crippen molar-refractivity contribution < 1.29 is 9.53 Å². The van der Waals surface area contributed by atoms with Crippen molar-refractivity contribution in [3.05, 3.63) is 29.3 Å². The number of nitrogens with zero attached hydrogens (tertiary/aromatic N) is 1. The lowest BCUT2D eigenvalue weighted by Crippen LogP contribution is -2.45. The predicted octanol–water partition coefficient (Wildman–Crippen LogP) is 3.51. The van der Waals surface area contributed by atoms with Crippen LogP contribution in [0.4, 0.5) is 0 Å². The van der Waals surface area contributed by atoms with Gasteiger partial charge in [0.25, 0.3) is 5.91 Å². The minimum Gasteiger partial charge on any atom is -0.484 e. The Hall–Kier alpha value is -1.22. The Kier molecular flexibility index (Phi) is 5.08. The standard InChI is InChI=1S/C15H20ClNO2/c1-2-13-7-3-4-9-17(13)15(18)11-19-14-8-5-6-12(16)10-14/h5-6,8,10,13H,2-4,7,9,11H2,1H3. The van der Waals surface area contributed by atoms with Gasteiger partial charge in [-0.3, -0.25) is 4.79 Å². The van der Waals surface area contributed by atoms with Gasteiger partial charge in [-0.15, -0.1) is 0 Å². The highest BCUT2D eigenvalue weighted by Crippen LogP contribution is 2.21. The molecule has 1 aliphatic rings. The minimum absolute atomic E-state index is 0.0755. The Morgan fingerprint density at radius 3 is 3.05 bits per heavy atom. The molecule has 1 unspecified atom stereocenters. The third kappa shape index (κ3) is 3.87. The molecule has 2 rings (SSSR count). The monoisotopic (exact) mass is 281 g/mol. The number of likely N-dealkylation sites (tertiary alicyclic amines) is 1. The van der Waals surface area contributed by atoms with Crippen molar-refractivity contribution in [3.63, 3.8) is 0 Å². The first-order valence-corrected chi connectivity index (χ1v) is 7.26. The van der Waals surface area contributed by atoms with E-state index in [1.54, 1.807) is 12.1 Å². The molecule has 0 saturated carbocycles. The maximum absolute atomic E-state index is 12.2. The summed E-state index contributed by atoms with van der Waals surface area (Å²) in [5.74, 6) is 0.720. The zero-order valence-electron chi connectivity index (χ0n) is 11.3. The first-order chi connectivity index (χ1) is 9.20. The molecule has 19 heavy (non-hydrogen) atoms. The first-order valence-electron chi connectivity index (χ1n) is 6.88. The lowest BCUT2D eigenvalue weighted by Gasteiger charge is -2.35. The molecule has 0 aromatic heterocycles. The average molecular weight is 282 g/mol. The minimum atomic E-state index is 0.0755. The average Bonchev–Trinajstić information content (AvgIpc) is 2.45. The van der Waals surface area contributed by atoms with E-state index in [-0.39, 0.29) is 12.5 Å². The van der Waals surface area contributed by atoms with E-state index >= 15 is 0 Å². The van der Waals surface area contributed by atoms with Gasteiger partial charge in [0.05, 0.1) is 0 Å². The molecule has 1 aliphatic heterocycles. The van der Waals surface area contributed by atoms with Gasteiger partial charge in [-0.1, -0.05) is 24.6 Å². The summed E-state index contributed by atoms with van der Waals surface area (Å²) in [5.41, 5.74) is 0. The molecule has 1 saturated heterocycles. The SMILES string of the molecule is CCC1CCCCN1C(=O)COc1cccc(Cl)c1. The number of rotatable bonds is 4. The summed E-state index contributed by atoms with van der Waals surface area (Å²) in [6, 6.07) is 7.52. The lowest BCUT2D eigenvalue weighted by molar-refractivity contribution is -0.137. The zero-order chi connectivity index (χ0) is 13.7. The number of amides is 1. The molecular formula is C15H20ClNO2. The molecule has 1 fully saturated rings. The number of halogens is 1. The van der Waals surface area contributed by atoms with Gasteiger partial charge >= 0.3 is 0 Å². The molecule has 0 radical (unpaired) electrons. The zero-order valence-corrected chi connectivity index (χ0v) is 12.0. The third-order valence-corrected chi connectivity index (χ3v) is 3.81. The second kappa shape index (κ2) is 6.80. The number of carbonyl (C=O) groups excluding carboxylic acids is 1. The number of ether oxygens (including phenoxy) is 1. The van der Waals surface area contributed by atoms with E-state index in [1.165, 1.54) is 6.42 Å². The van der Waals surface area contributed by atoms with E-state index in [0.717, 1.165) is 25.8 Å². The van der Waals surface area contributed by atoms with Crippen molar-refractivity contribution in [2.45, 2.75) is 38.6 Å². The lowest BCUT2D eigenvalue weighted by atomic mass is 10.00. The summed E-state index contributed by atoms with van der Waals surface area (Å²) in [7, 11) is 0. The summed E-state index contributed by atoms with van der Waals surface area (Å²) < 4.78 is 5.52. The van der Waals surface area contributed by atoms with Crippen LogP contribution in [-0.4, -0.2) is 30.0 Å². The fraction of sp³-hybridized carbons (Fsp3) is 0.533. The molecule has 0 bridgehead atoms. The summed E-state index contributed by atoms with van der Waals surface area (Å²) in [6.45, 7) is 3.08. The van der Waals surface area contributed by atoms with Crippen molar-refractivity contribution >= 4 is 17.5 Å². The van der Waals surface area contributed by atoms with E-state index in [9.17, 15) is 4.79 Å². The smallest absolute Gasteiger partial charge is 0.260 e. The van der Waals surface area contributed by atoms with E-state index in [1.807, 2.05) is 17.0 Å². The molecule has 4 heteroatoms. The van der Waals surface area contributed by atoms with Crippen molar-refractivity contribution in [2.75, 3.05) is 13.2 Å². The highest BCUT2D eigenvalue weighted by Gasteiger charge is 2.25. The highest BCUT2D eigenvalue weighted by atomic mass is 35.5. The summed E-state index contributed by atoms with van der Waals surface area (Å²) in [6.07, 6.45) is 4.44. The largest absolute Gasteiger partial charge is 0.484 e. The van der Waals surface area contributed by atoms with E-state index in [2.05, 4.69) is 6.92 Å². The van der Waals surface area contributed by atoms with Gasteiger partial charge in [-0.2, -0.15) is 0 Å². The Bertz CT molecular complexity index is 436. The molecule has 0 N–H and O–H groups in total. The fourth-order valence-corrected chi connectivity index (χ4v) is 2.72. The number of piperidine rings is 1. The van der Waals surface area contributed by atoms with Gasteiger partial charge in [0.2, 0.25) is 0 Å². The second-order valence-corrected chi connectivity index (χ2v) is 5.33. The predicted molar refractivity (Wildman–Crippen MR) is 76.6 cm³/mol. The Labute approximate surface area is 119 Å². The van der Waals surface area contributed by atoms with Crippen LogP contribution in [-0.2, 0) is 4.79 Å². The van der Waals surface area contributed by atoms with Crippen LogP contribution in [0.1, 0.15) is 32.6 Å². The van der Waals surface area contributed by atoms with Crippen molar-refractivity contribution in [2.24, 2.45) is 0 Å². The van der Waals surface area contributed by atoms with Gasteiger partial charge < -0.3 is 9.64 Å². The van der Waals surface area contributed by atoms with Crippen molar-refractivity contribution in [1.82, 2.24) is 4.90 Å². The molecule has 104 valence electrons. The maximum atomic E-state index is 12.2. The van der Waals surface area contributed by atoms with Gasteiger partial charge in [0.15, 0.2) is 6.61 Å². The second-order valence-electron chi connectivity index (χ2n) is 4.89. The van der Waals surface area contributed by atoms with Crippen molar-refractivity contribution in [1.29, 1.82) is 0 Å². The van der Waals surface area contributed by atoms with Gasteiger partial charge in [-0.05, 0) is 43.9 Å². The van der Waals surface area contributed by atoms with Crippen molar-refractivity contribution in [3.8, 4) is 5.75 Å². The molecule has 3 nitrogen and oxygen atoms in total. The topological polar surface area (TPSA) is 29.5 Å². The van der Waals surface area contributed by atoms with E-state index < -0.39 is 0 Å². The number of hydrogen-bond acceptors (Lipinski definition) is 2. The number of carbonyl (C=O) groups is 1. The van der Waals surface area contributed by atoms with Crippen LogP contribution in [0.15, 0.2) is 24.3 Å². The van der Waals surface area contributed by atoms with Crippen LogP contribution in [0.5, 0.6) is 5.75 Å². The van der Waals surface area contributed by atoms with E-state index in [4.69, 9.17) is 16.3 Å². The van der Waals surface area contributed by atoms with Crippen LogP contribution in [0.25, 0.3) is 0 Å². The van der Waals surface area contributed by atoms with Crippen LogP contribution in [0.3, 0.4) is 0 Å². The third-order valence-electron chi connectivity index (χ3n) is 3.58. The Balaban J connectivity index is 1.89. The molecule has 1 amide bonds. The highest BCUT2D eigenvalue weighted by molar-refractivity contribution is 6.30. The maximum Gasteiger partial charge on any atom is 0.260 e. The molecule has 1 aromatic carbocycles. The summed E-state index contributed by atoms with van der Waals surface area (Å²) in [4.78, 5) is 14.2. The normalized spacial score (nSPS) is 19.3. The Morgan fingerprint density at radius 1 is 1.47 bits per heavy atom. The quantitative estimate of drug-likeness (QED) is 0.845. The van der Waals surface area contributed by atoms with Crippen LogP contribution in [0, 0.1) is 0 Å². The summed E-state index contributed by atoms with van der Waals surface area (Å²) in [5, 5.41) is 0.620. The van der Waals surface area contributed by atoms with E-state index in [0.29, 0.717) is 16.8 Å². The van der Waals surface area contributed by atoms with Crippen LogP contribution >= 0.6 is 11.6 Å². The fourth-order valence-electron chi connectivity index (χ4n) is 2.54. The molecule has 1 atom stereocenters. The Morgan fingerprint density at radius 2 is 2.32 bits per heavy atom. The number of hydrogen-bond donors (Lipinski definition) is 0. The van der Waals surface area contributed by atoms with Gasteiger partial charge in [0, 0.05) is 17.6 Å². The van der Waals surface area contributed by atoms with Crippen LogP contribution in [0.2, 0.25) is 5.02 Å². The molecule has 0 spiro atoms. The van der Waals surface area contributed by atoms with Gasteiger partial charge in [-0.25, -0.2) is 0 Å². The molecule has 0 aliphatic carbocycles.